The van der Waals surface area contributed by atoms with E-state index in [0.29, 0.717) is 22.3 Å². The van der Waals surface area contributed by atoms with Gasteiger partial charge in [-0.05, 0) is 36.4 Å². The van der Waals surface area contributed by atoms with Gasteiger partial charge in [-0.25, -0.2) is 0 Å². The lowest BCUT2D eigenvalue weighted by atomic mass is 10.2. The molecule has 1 N–H and O–H groups in total. The number of rotatable bonds is 5. The second-order valence-corrected chi connectivity index (χ2v) is 8.95. The van der Waals surface area contributed by atoms with Crippen LogP contribution in [-0.2, 0) is 14.2 Å². The van der Waals surface area contributed by atoms with Gasteiger partial charge in [0.2, 0.25) is 6.29 Å². The van der Waals surface area contributed by atoms with Gasteiger partial charge in [-0.1, -0.05) is 11.6 Å². The molecule has 3 aliphatic heterocycles. The lowest BCUT2D eigenvalue weighted by Crippen LogP contribution is -2.47. The van der Waals surface area contributed by atoms with Gasteiger partial charge in [0.25, 0.3) is 5.91 Å². The Hall–Kier alpha value is -1.84. The van der Waals surface area contributed by atoms with Gasteiger partial charge in [0.1, 0.15) is 0 Å². The molecule has 1 amide bonds. The van der Waals surface area contributed by atoms with Crippen molar-refractivity contribution < 1.29 is 19.0 Å². The van der Waals surface area contributed by atoms with E-state index in [2.05, 4.69) is 39.4 Å². The summed E-state index contributed by atoms with van der Waals surface area (Å²) < 4.78 is 17.6. The normalized spacial score (nSPS) is 26.2. The Bertz CT molecular complexity index is 871. The van der Waals surface area contributed by atoms with Crippen LogP contribution in [0.15, 0.2) is 36.4 Å². The number of nitrogens with one attached hydrogen (secondary N) is 1. The van der Waals surface area contributed by atoms with Crippen molar-refractivity contribution in [2.45, 2.75) is 18.6 Å². The second kappa shape index (κ2) is 8.12. The van der Waals surface area contributed by atoms with Gasteiger partial charge in [-0.3, -0.25) is 4.79 Å². The first-order chi connectivity index (χ1) is 14.2. The van der Waals surface area contributed by atoms with E-state index in [1.807, 2.05) is 0 Å². The molecule has 2 aromatic rings. The summed E-state index contributed by atoms with van der Waals surface area (Å²) in [6.45, 7) is 4.46. The number of epoxide rings is 1. The number of hydrogen-bond acceptors (Lipinski definition) is 7. The van der Waals surface area contributed by atoms with Crippen LogP contribution in [0.25, 0.3) is 0 Å². The Labute approximate surface area is 178 Å². The number of hydrogen-bond donors (Lipinski definition) is 1. The molecule has 0 aliphatic carbocycles. The van der Waals surface area contributed by atoms with Crippen LogP contribution in [0.3, 0.4) is 0 Å². The van der Waals surface area contributed by atoms with Crippen molar-refractivity contribution in [2.24, 2.45) is 0 Å². The Morgan fingerprint density at radius 1 is 1.10 bits per heavy atom. The Morgan fingerprint density at radius 3 is 2.59 bits per heavy atom. The smallest absolute Gasteiger partial charge is 0.261 e. The van der Waals surface area contributed by atoms with Crippen molar-refractivity contribution in [3.05, 3.63) is 45.6 Å². The Kier molecular flexibility index (Phi) is 5.36. The van der Waals surface area contributed by atoms with Crippen LogP contribution in [0, 0.1) is 0 Å². The summed E-state index contributed by atoms with van der Waals surface area (Å²) in [5.41, 5.74) is 2.30. The van der Waals surface area contributed by atoms with Gasteiger partial charge in [0, 0.05) is 37.6 Å². The van der Waals surface area contributed by atoms with Crippen LogP contribution in [0.1, 0.15) is 9.67 Å². The van der Waals surface area contributed by atoms with Gasteiger partial charge in [-0.2, -0.15) is 0 Å². The molecule has 3 aliphatic rings. The number of carbonyl (C=O) groups is 1. The lowest BCUT2D eigenvalue weighted by Gasteiger charge is -2.32. The number of nitrogens with zero attached hydrogens (tertiary/aromatic N) is 2. The molecule has 5 rings (SSSR count). The van der Waals surface area contributed by atoms with Crippen molar-refractivity contribution in [2.75, 3.05) is 49.2 Å². The fourth-order valence-corrected chi connectivity index (χ4v) is 4.70. The number of amides is 1. The molecule has 0 saturated carbocycles. The molecule has 0 spiro atoms. The number of fused-ring (bicyclic) bond motifs is 1. The average Bonchev–Trinajstić information content (AvgIpc) is 3.42. The van der Waals surface area contributed by atoms with E-state index in [1.54, 1.807) is 12.1 Å². The third kappa shape index (κ3) is 4.22. The number of anilines is 2. The molecule has 1 aromatic carbocycles. The zero-order valence-corrected chi connectivity index (χ0v) is 17.3. The highest BCUT2D eigenvalue weighted by Crippen LogP contribution is 2.37. The van der Waals surface area contributed by atoms with Crippen LogP contribution in [-0.4, -0.2) is 63.9 Å². The second-order valence-electron chi connectivity index (χ2n) is 7.24. The van der Waals surface area contributed by atoms with E-state index >= 15 is 0 Å². The number of benzene rings is 1. The summed E-state index contributed by atoms with van der Waals surface area (Å²) in [7, 11) is 0. The van der Waals surface area contributed by atoms with Gasteiger partial charge in [0.05, 0.1) is 28.5 Å². The van der Waals surface area contributed by atoms with Crippen LogP contribution in [0.5, 0.6) is 0 Å². The predicted octanol–water partition coefficient (Wildman–Crippen LogP) is 2.56. The first kappa shape index (κ1) is 19.1. The van der Waals surface area contributed by atoms with Crippen molar-refractivity contribution in [3.8, 4) is 0 Å². The van der Waals surface area contributed by atoms with Crippen molar-refractivity contribution in [1.29, 1.82) is 0 Å². The van der Waals surface area contributed by atoms with Crippen LogP contribution >= 0.6 is 22.9 Å². The monoisotopic (exact) mass is 435 g/mol. The molecular formula is C20H22ClN3O4S. The van der Waals surface area contributed by atoms with Gasteiger partial charge < -0.3 is 29.3 Å². The summed E-state index contributed by atoms with van der Waals surface area (Å²) in [6.07, 6.45) is -0.426. The van der Waals surface area contributed by atoms with Crippen molar-refractivity contribution >= 4 is 40.2 Å². The van der Waals surface area contributed by atoms with Crippen molar-refractivity contribution in [3.63, 3.8) is 0 Å². The quantitative estimate of drug-likeness (QED) is 0.728. The molecular weight excluding hydrogens is 414 g/mol. The molecule has 3 fully saturated rings. The molecule has 1 aromatic heterocycles. The van der Waals surface area contributed by atoms with Gasteiger partial charge in [0.15, 0.2) is 6.23 Å². The minimum Gasteiger partial charge on any atom is -0.378 e. The van der Waals surface area contributed by atoms with E-state index in [-0.39, 0.29) is 24.5 Å². The standard InChI is InChI=1S/C20H22ClN3O4S/c21-17-6-5-16(29-17)18(25)22-11-15-12-24(19-20(27-15)28-19)14-3-1-13(2-4-14)23-7-9-26-10-8-23/h1-6,15,19-20H,7-12H2,(H,22,25). The largest absolute Gasteiger partial charge is 0.378 e. The van der Waals surface area contributed by atoms with Crippen molar-refractivity contribution in [1.82, 2.24) is 5.32 Å². The molecule has 9 heteroatoms. The molecule has 7 nitrogen and oxygen atoms in total. The van der Waals surface area contributed by atoms with Crippen LogP contribution < -0.4 is 15.1 Å². The summed E-state index contributed by atoms with van der Waals surface area (Å²) in [4.78, 5) is 17.4. The molecule has 3 unspecified atom stereocenters. The molecule has 4 heterocycles. The van der Waals surface area contributed by atoms with Crippen LogP contribution in [0.4, 0.5) is 11.4 Å². The molecule has 3 atom stereocenters. The number of carbonyl (C=O) groups excluding carboxylic acids is 1. The Morgan fingerprint density at radius 2 is 1.86 bits per heavy atom. The third-order valence-corrected chi connectivity index (χ3v) is 6.54. The zero-order chi connectivity index (χ0) is 19.8. The molecule has 29 heavy (non-hydrogen) atoms. The van der Waals surface area contributed by atoms with Gasteiger partial charge in [-0.15, -0.1) is 11.3 Å². The molecule has 154 valence electrons. The average molecular weight is 436 g/mol. The van der Waals surface area contributed by atoms with Crippen LogP contribution in [0.2, 0.25) is 4.34 Å². The Balaban J connectivity index is 1.20. The van der Waals surface area contributed by atoms with E-state index in [4.69, 9.17) is 25.8 Å². The maximum absolute atomic E-state index is 12.3. The number of halogens is 1. The summed E-state index contributed by atoms with van der Waals surface area (Å²) in [5, 5.41) is 2.93. The predicted molar refractivity (Wildman–Crippen MR) is 112 cm³/mol. The van der Waals surface area contributed by atoms with E-state index < -0.39 is 0 Å². The third-order valence-electron chi connectivity index (χ3n) is 5.31. The summed E-state index contributed by atoms with van der Waals surface area (Å²) in [6, 6.07) is 12.0. The van der Waals surface area contributed by atoms with Gasteiger partial charge >= 0.3 is 0 Å². The zero-order valence-electron chi connectivity index (χ0n) is 15.8. The lowest BCUT2D eigenvalue weighted by molar-refractivity contribution is -0.0100. The summed E-state index contributed by atoms with van der Waals surface area (Å²) in [5.74, 6) is -0.134. The number of ether oxygens (including phenoxy) is 3. The fraction of sp³-hybridized carbons (Fsp3) is 0.450. The molecule has 3 saturated heterocycles. The molecule has 0 bridgehead atoms. The van der Waals surface area contributed by atoms with E-state index in [1.165, 1.54) is 17.0 Å². The SMILES string of the molecule is O=C(NCC1CN(c2ccc(N3CCOCC3)cc2)C2OC2O1)c1ccc(Cl)s1. The highest BCUT2D eigenvalue weighted by atomic mass is 35.5. The van der Waals surface area contributed by atoms with E-state index in [0.717, 1.165) is 32.0 Å². The summed E-state index contributed by atoms with van der Waals surface area (Å²) >= 11 is 7.17. The maximum atomic E-state index is 12.3. The topological polar surface area (TPSA) is 66.6 Å². The minimum absolute atomic E-state index is 0.0488. The number of thiophene rings is 1. The minimum atomic E-state index is -0.235. The highest BCUT2D eigenvalue weighted by molar-refractivity contribution is 7.17. The maximum Gasteiger partial charge on any atom is 0.261 e. The number of morpholine rings is 2. The van der Waals surface area contributed by atoms with E-state index in [9.17, 15) is 4.79 Å². The first-order valence-electron chi connectivity index (χ1n) is 9.71. The fourth-order valence-electron chi connectivity index (χ4n) is 3.74. The highest BCUT2D eigenvalue weighted by Gasteiger charge is 2.51. The molecule has 0 radical (unpaired) electrons. The first-order valence-corrected chi connectivity index (χ1v) is 10.9.